The first-order valence-corrected chi connectivity index (χ1v) is 8.44. The fourth-order valence-corrected chi connectivity index (χ4v) is 3.33. The number of aliphatic hydroxyl groups excluding tert-OH is 1. The summed E-state index contributed by atoms with van der Waals surface area (Å²) < 4.78 is 0. The maximum absolute atomic E-state index is 11.0. The number of amides is 1. The minimum atomic E-state index is -0.351. The summed E-state index contributed by atoms with van der Waals surface area (Å²) in [6, 6.07) is 10.3. The predicted octanol–water partition coefficient (Wildman–Crippen LogP) is 1.07. The number of aliphatic hydroxyl groups is 1. The standard InChI is InChI=1S/C18H29N3O2/c1-20(12-16-5-3-2-4-6-16)13-17(22)14-21-9-7-15(8-10-21)11-18(19)23/h2-6,15,17,22H,7-14H2,1H3,(H2,19,23). The fraction of sp³-hybridized carbons (Fsp3) is 0.611. The number of nitrogens with zero attached hydrogens (tertiary/aromatic N) is 2. The van der Waals surface area contributed by atoms with Gasteiger partial charge in [-0.1, -0.05) is 30.3 Å². The van der Waals surface area contributed by atoms with Crippen LogP contribution in [-0.4, -0.2) is 60.1 Å². The zero-order chi connectivity index (χ0) is 16.7. The number of carbonyl (C=O) groups is 1. The molecule has 1 heterocycles. The van der Waals surface area contributed by atoms with Gasteiger partial charge in [-0.2, -0.15) is 0 Å². The lowest BCUT2D eigenvalue weighted by atomic mass is 9.93. The fourth-order valence-electron chi connectivity index (χ4n) is 3.33. The molecule has 0 radical (unpaired) electrons. The highest BCUT2D eigenvalue weighted by Gasteiger charge is 2.22. The molecule has 128 valence electrons. The van der Waals surface area contributed by atoms with E-state index in [2.05, 4.69) is 21.9 Å². The zero-order valence-corrected chi connectivity index (χ0v) is 14.0. The molecule has 1 amide bonds. The number of likely N-dealkylation sites (tertiary alicyclic amines) is 1. The molecule has 1 atom stereocenters. The second kappa shape index (κ2) is 9.01. The van der Waals surface area contributed by atoms with Crippen LogP contribution in [0.2, 0.25) is 0 Å². The van der Waals surface area contributed by atoms with Crippen molar-refractivity contribution in [3.05, 3.63) is 35.9 Å². The molecule has 1 unspecified atom stereocenters. The van der Waals surface area contributed by atoms with Crippen molar-refractivity contribution < 1.29 is 9.90 Å². The summed E-state index contributed by atoms with van der Waals surface area (Å²) in [6.07, 6.45) is 2.14. The van der Waals surface area contributed by atoms with Gasteiger partial charge < -0.3 is 15.7 Å². The van der Waals surface area contributed by atoms with Gasteiger partial charge in [0.25, 0.3) is 0 Å². The second-order valence-electron chi connectivity index (χ2n) is 6.75. The van der Waals surface area contributed by atoms with Crippen molar-refractivity contribution in [3.63, 3.8) is 0 Å². The van der Waals surface area contributed by atoms with Crippen LogP contribution < -0.4 is 5.73 Å². The average molecular weight is 319 g/mol. The molecule has 0 aromatic heterocycles. The molecule has 5 heteroatoms. The van der Waals surface area contributed by atoms with Crippen LogP contribution in [0.3, 0.4) is 0 Å². The van der Waals surface area contributed by atoms with Gasteiger partial charge >= 0.3 is 0 Å². The lowest BCUT2D eigenvalue weighted by Crippen LogP contribution is -2.42. The summed E-state index contributed by atoms with van der Waals surface area (Å²) in [5, 5.41) is 10.3. The van der Waals surface area contributed by atoms with Crippen molar-refractivity contribution in [3.8, 4) is 0 Å². The highest BCUT2D eigenvalue weighted by Crippen LogP contribution is 2.20. The van der Waals surface area contributed by atoms with Crippen molar-refractivity contribution in [2.45, 2.75) is 31.9 Å². The van der Waals surface area contributed by atoms with Crippen molar-refractivity contribution in [2.24, 2.45) is 11.7 Å². The largest absolute Gasteiger partial charge is 0.390 e. The van der Waals surface area contributed by atoms with Gasteiger partial charge in [-0.25, -0.2) is 0 Å². The molecule has 1 saturated heterocycles. The normalized spacial score (nSPS) is 18.2. The van der Waals surface area contributed by atoms with Crippen LogP contribution in [0.1, 0.15) is 24.8 Å². The van der Waals surface area contributed by atoms with Crippen LogP contribution in [0.25, 0.3) is 0 Å². The Kier molecular flexibility index (Phi) is 7.02. The third-order valence-corrected chi connectivity index (χ3v) is 4.48. The topological polar surface area (TPSA) is 69.8 Å². The summed E-state index contributed by atoms with van der Waals surface area (Å²) in [6.45, 7) is 4.09. The van der Waals surface area contributed by atoms with E-state index in [0.717, 1.165) is 32.5 Å². The molecule has 1 aromatic rings. The molecule has 3 N–H and O–H groups in total. The Hall–Kier alpha value is -1.43. The van der Waals surface area contributed by atoms with Gasteiger partial charge in [0.2, 0.25) is 5.91 Å². The van der Waals surface area contributed by atoms with E-state index in [1.54, 1.807) is 0 Å². The molecular formula is C18H29N3O2. The number of primary amides is 1. The Balaban J connectivity index is 1.67. The predicted molar refractivity (Wildman–Crippen MR) is 91.8 cm³/mol. The molecule has 2 rings (SSSR count). The minimum absolute atomic E-state index is 0.203. The Labute approximate surface area is 139 Å². The van der Waals surface area contributed by atoms with Gasteiger partial charge in [0.1, 0.15) is 0 Å². The van der Waals surface area contributed by atoms with Crippen LogP contribution in [0.15, 0.2) is 30.3 Å². The molecule has 1 fully saturated rings. The Morgan fingerprint density at radius 3 is 2.61 bits per heavy atom. The molecule has 0 saturated carbocycles. The van der Waals surface area contributed by atoms with Gasteiger partial charge in [-0.05, 0) is 44.5 Å². The molecule has 0 bridgehead atoms. The maximum atomic E-state index is 11.0. The number of hydrogen-bond acceptors (Lipinski definition) is 4. The second-order valence-corrected chi connectivity index (χ2v) is 6.75. The smallest absolute Gasteiger partial charge is 0.217 e. The molecule has 0 aliphatic carbocycles. The van der Waals surface area contributed by atoms with Crippen molar-refractivity contribution in [2.75, 3.05) is 33.2 Å². The number of benzene rings is 1. The minimum Gasteiger partial charge on any atom is -0.390 e. The monoisotopic (exact) mass is 319 g/mol. The third kappa shape index (κ3) is 6.69. The van der Waals surface area contributed by atoms with E-state index in [9.17, 15) is 9.90 Å². The Morgan fingerprint density at radius 2 is 2.00 bits per heavy atom. The third-order valence-electron chi connectivity index (χ3n) is 4.48. The first-order chi connectivity index (χ1) is 11.0. The molecule has 1 aliphatic heterocycles. The van der Waals surface area contributed by atoms with Gasteiger partial charge in [-0.15, -0.1) is 0 Å². The number of likely N-dealkylation sites (N-methyl/N-ethyl adjacent to an activating group) is 1. The lowest BCUT2D eigenvalue weighted by Gasteiger charge is -2.33. The van der Waals surface area contributed by atoms with Crippen LogP contribution >= 0.6 is 0 Å². The first-order valence-electron chi connectivity index (χ1n) is 8.44. The van der Waals surface area contributed by atoms with E-state index in [4.69, 9.17) is 5.73 Å². The molecule has 5 nitrogen and oxygen atoms in total. The summed E-state index contributed by atoms with van der Waals surface area (Å²) >= 11 is 0. The first kappa shape index (κ1) is 17.9. The van der Waals surface area contributed by atoms with Gasteiger partial charge in [0, 0.05) is 26.1 Å². The van der Waals surface area contributed by atoms with Crippen LogP contribution in [0.4, 0.5) is 0 Å². The zero-order valence-electron chi connectivity index (χ0n) is 14.0. The highest BCUT2D eigenvalue weighted by atomic mass is 16.3. The Bertz CT molecular complexity index is 472. The quantitative estimate of drug-likeness (QED) is 0.752. The molecule has 0 spiro atoms. The molecule has 23 heavy (non-hydrogen) atoms. The van der Waals surface area contributed by atoms with Crippen LogP contribution in [0, 0.1) is 5.92 Å². The number of piperidine rings is 1. The maximum Gasteiger partial charge on any atom is 0.217 e. The van der Waals surface area contributed by atoms with E-state index >= 15 is 0 Å². The van der Waals surface area contributed by atoms with Gasteiger partial charge in [0.05, 0.1) is 6.10 Å². The van der Waals surface area contributed by atoms with Crippen molar-refractivity contribution in [1.82, 2.24) is 9.80 Å². The van der Waals surface area contributed by atoms with Crippen molar-refractivity contribution in [1.29, 1.82) is 0 Å². The number of nitrogens with two attached hydrogens (primary N) is 1. The van der Waals surface area contributed by atoms with E-state index < -0.39 is 0 Å². The van der Waals surface area contributed by atoms with Gasteiger partial charge in [-0.3, -0.25) is 9.69 Å². The summed E-state index contributed by atoms with van der Waals surface area (Å²) in [7, 11) is 2.04. The highest BCUT2D eigenvalue weighted by molar-refractivity contribution is 5.73. The van der Waals surface area contributed by atoms with Crippen molar-refractivity contribution >= 4 is 5.91 Å². The lowest BCUT2D eigenvalue weighted by molar-refractivity contribution is -0.119. The van der Waals surface area contributed by atoms with Crippen LogP contribution in [-0.2, 0) is 11.3 Å². The van der Waals surface area contributed by atoms with E-state index in [1.165, 1.54) is 5.56 Å². The van der Waals surface area contributed by atoms with E-state index in [0.29, 0.717) is 25.4 Å². The molecule has 1 aromatic carbocycles. The molecule has 1 aliphatic rings. The molecular weight excluding hydrogens is 290 g/mol. The number of rotatable bonds is 8. The summed E-state index contributed by atoms with van der Waals surface area (Å²) in [5.74, 6) is 0.215. The SMILES string of the molecule is CN(Cc1ccccc1)CC(O)CN1CCC(CC(N)=O)CC1. The Morgan fingerprint density at radius 1 is 1.35 bits per heavy atom. The summed E-state index contributed by atoms with van der Waals surface area (Å²) in [4.78, 5) is 15.4. The number of hydrogen-bond donors (Lipinski definition) is 2. The average Bonchev–Trinajstić information content (AvgIpc) is 2.49. The number of carbonyl (C=O) groups excluding carboxylic acids is 1. The van der Waals surface area contributed by atoms with Crippen LogP contribution in [0.5, 0.6) is 0 Å². The summed E-state index contributed by atoms with van der Waals surface area (Å²) in [5.41, 5.74) is 6.52. The number of β-amino-alcohol motifs (C(OH)–C–C–N with tert-alkyl or cyclic N) is 1. The van der Waals surface area contributed by atoms with E-state index in [1.807, 2.05) is 25.2 Å². The van der Waals surface area contributed by atoms with E-state index in [-0.39, 0.29) is 12.0 Å². The van der Waals surface area contributed by atoms with Gasteiger partial charge in [0.15, 0.2) is 0 Å².